The van der Waals surface area contributed by atoms with Crippen LogP contribution >= 0.6 is 0 Å². The molecule has 0 saturated heterocycles. The molecule has 0 heterocycles. The van der Waals surface area contributed by atoms with Crippen LogP contribution in [0.3, 0.4) is 0 Å². The van der Waals surface area contributed by atoms with Gasteiger partial charge in [-0.2, -0.15) is 0 Å². The summed E-state index contributed by atoms with van der Waals surface area (Å²) in [6, 6.07) is 16.2. The minimum atomic E-state index is 0.117. The number of hydrogen-bond acceptors (Lipinski definition) is 3. The molecule has 120 valence electrons. The van der Waals surface area contributed by atoms with Crippen LogP contribution in [-0.4, -0.2) is 13.7 Å². The fourth-order valence-corrected chi connectivity index (χ4v) is 2.35. The van der Waals surface area contributed by atoms with Crippen molar-refractivity contribution in [3.8, 4) is 11.5 Å². The van der Waals surface area contributed by atoms with Crippen molar-refractivity contribution < 1.29 is 9.47 Å². The average Bonchev–Trinajstić information content (AvgIpc) is 2.60. The van der Waals surface area contributed by atoms with Crippen molar-refractivity contribution in [1.82, 2.24) is 0 Å². The number of nitrogens with one attached hydrogen (secondary N) is 1. The molecule has 3 nitrogen and oxygen atoms in total. The van der Waals surface area contributed by atoms with Gasteiger partial charge in [0.05, 0.1) is 13.2 Å². The Morgan fingerprint density at radius 3 is 2.48 bits per heavy atom. The van der Waals surface area contributed by atoms with Crippen LogP contribution < -0.4 is 14.8 Å². The molecule has 3 heteroatoms. The summed E-state index contributed by atoms with van der Waals surface area (Å²) < 4.78 is 11.1. The molecule has 1 atom stereocenters. The first-order chi connectivity index (χ1) is 11.3. The van der Waals surface area contributed by atoms with E-state index in [1.165, 1.54) is 0 Å². The molecule has 0 spiro atoms. The van der Waals surface area contributed by atoms with E-state index >= 15 is 0 Å². The molecule has 1 unspecified atom stereocenters. The third-order valence-corrected chi connectivity index (χ3v) is 3.46. The van der Waals surface area contributed by atoms with Gasteiger partial charge in [0.25, 0.3) is 0 Å². The summed E-state index contributed by atoms with van der Waals surface area (Å²) >= 11 is 0. The molecule has 2 aromatic rings. The standard InChI is InChI=1S/C20H23NO2/c1-4-9-18(21-17-10-7-6-8-11-17)16-12-13-19(22-3)20(15-16)23-14-5-2/h4-8,10-13,15,18,21H,1-2,9,14H2,3H3. The van der Waals surface area contributed by atoms with Crippen LogP contribution in [-0.2, 0) is 0 Å². The molecule has 0 fully saturated rings. The molecule has 0 amide bonds. The number of methoxy groups -OCH3 is 1. The number of rotatable bonds is 9. The van der Waals surface area contributed by atoms with Crippen LogP contribution in [0.25, 0.3) is 0 Å². The van der Waals surface area contributed by atoms with Crippen LogP contribution in [0.15, 0.2) is 73.8 Å². The van der Waals surface area contributed by atoms with E-state index in [9.17, 15) is 0 Å². The summed E-state index contributed by atoms with van der Waals surface area (Å²) in [7, 11) is 1.64. The Kier molecular flexibility index (Phi) is 6.30. The minimum Gasteiger partial charge on any atom is -0.493 e. The Bertz CT molecular complexity index is 637. The Labute approximate surface area is 138 Å². The van der Waals surface area contributed by atoms with Crippen molar-refractivity contribution in [2.45, 2.75) is 12.5 Å². The van der Waals surface area contributed by atoms with Crippen LogP contribution in [0.2, 0.25) is 0 Å². The average molecular weight is 309 g/mol. The zero-order valence-electron chi connectivity index (χ0n) is 13.5. The summed E-state index contributed by atoms with van der Waals surface area (Å²) in [5.41, 5.74) is 2.19. The van der Waals surface area contributed by atoms with E-state index in [1.54, 1.807) is 13.2 Å². The van der Waals surface area contributed by atoms with E-state index in [0.29, 0.717) is 18.1 Å². The van der Waals surface area contributed by atoms with E-state index in [0.717, 1.165) is 17.7 Å². The molecule has 0 bridgehead atoms. The van der Waals surface area contributed by atoms with Crippen LogP contribution in [0, 0.1) is 0 Å². The quantitative estimate of drug-likeness (QED) is 0.662. The summed E-state index contributed by atoms with van der Waals surface area (Å²) in [4.78, 5) is 0. The van der Waals surface area contributed by atoms with Crippen molar-refractivity contribution in [3.05, 3.63) is 79.4 Å². The lowest BCUT2D eigenvalue weighted by molar-refractivity contribution is 0.326. The minimum absolute atomic E-state index is 0.117. The Hall–Kier alpha value is -2.68. The number of ether oxygens (including phenoxy) is 2. The predicted octanol–water partition coefficient (Wildman–Crippen LogP) is 4.99. The first kappa shape index (κ1) is 16.7. The summed E-state index contributed by atoms with van der Waals surface area (Å²) in [6.07, 6.45) is 4.44. The highest BCUT2D eigenvalue weighted by Crippen LogP contribution is 2.32. The van der Waals surface area contributed by atoms with Crippen molar-refractivity contribution >= 4 is 5.69 Å². The lowest BCUT2D eigenvalue weighted by atomic mass is 10.0. The maximum Gasteiger partial charge on any atom is 0.161 e. The van der Waals surface area contributed by atoms with Gasteiger partial charge in [0.2, 0.25) is 0 Å². The van der Waals surface area contributed by atoms with Crippen LogP contribution in [0.4, 0.5) is 5.69 Å². The maximum absolute atomic E-state index is 5.70. The molecule has 0 aliphatic heterocycles. The van der Waals surface area contributed by atoms with Crippen molar-refractivity contribution in [1.29, 1.82) is 0 Å². The number of anilines is 1. The highest BCUT2D eigenvalue weighted by atomic mass is 16.5. The van der Waals surface area contributed by atoms with E-state index in [2.05, 4.69) is 30.6 Å². The normalized spacial score (nSPS) is 11.3. The first-order valence-corrected chi connectivity index (χ1v) is 7.62. The van der Waals surface area contributed by atoms with Crippen LogP contribution in [0.1, 0.15) is 18.0 Å². The van der Waals surface area contributed by atoms with E-state index in [1.807, 2.05) is 42.5 Å². The molecule has 0 saturated carbocycles. The smallest absolute Gasteiger partial charge is 0.161 e. The molecule has 0 aliphatic carbocycles. The lowest BCUT2D eigenvalue weighted by Gasteiger charge is -2.20. The van der Waals surface area contributed by atoms with E-state index in [-0.39, 0.29) is 6.04 Å². The molecule has 0 aromatic heterocycles. The number of hydrogen-bond donors (Lipinski definition) is 1. The molecule has 2 aromatic carbocycles. The Balaban J connectivity index is 2.27. The molecule has 1 N–H and O–H groups in total. The zero-order valence-corrected chi connectivity index (χ0v) is 13.5. The zero-order chi connectivity index (χ0) is 16.5. The second-order valence-electron chi connectivity index (χ2n) is 5.10. The lowest BCUT2D eigenvalue weighted by Crippen LogP contribution is -2.10. The van der Waals surface area contributed by atoms with Crippen molar-refractivity contribution in [3.63, 3.8) is 0 Å². The second kappa shape index (κ2) is 8.69. The van der Waals surface area contributed by atoms with Crippen molar-refractivity contribution in [2.75, 3.05) is 19.0 Å². The van der Waals surface area contributed by atoms with E-state index < -0.39 is 0 Å². The van der Waals surface area contributed by atoms with Crippen LogP contribution in [0.5, 0.6) is 11.5 Å². The third-order valence-electron chi connectivity index (χ3n) is 3.46. The number of benzene rings is 2. The van der Waals surface area contributed by atoms with Gasteiger partial charge in [-0.15, -0.1) is 6.58 Å². The van der Waals surface area contributed by atoms with E-state index in [4.69, 9.17) is 9.47 Å². The highest BCUT2D eigenvalue weighted by Gasteiger charge is 2.13. The second-order valence-corrected chi connectivity index (χ2v) is 5.10. The van der Waals surface area contributed by atoms with Gasteiger partial charge in [-0.05, 0) is 36.2 Å². The number of para-hydroxylation sites is 1. The third kappa shape index (κ3) is 4.65. The Morgan fingerprint density at radius 1 is 1.04 bits per heavy atom. The molecular weight excluding hydrogens is 286 g/mol. The van der Waals surface area contributed by atoms with Gasteiger partial charge >= 0.3 is 0 Å². The topological polar surface area (TPSA) is 30.5 Å². The maximum atomic E-state index is 5.70. The van der Waals surface area contributed by atoms with Gasteiger partial charge in [0.15, 0.2) is 11.5 Å². The van der Waals surface area contributed by atoms with Gasteiger partial charge in [-0.1, -0.05) is 43.0 Å². The highest BCUT2D eigenvalue weighted by molar-refractivity contribution is 5.49. The van der Waals surface area contributed by atoms with Gasteiger partial charge in [-0.25, -0.2) is 0 Å². The Morgan fingerprint density at radius 2 is 1.83 bits per heavy atom. The molecule has 23 heavy (non-hydrogen) atoms. The summed E-state index contributed by atoms with van der Waals surface area (Å²) in [5.74, 6) is 1.43. The SMILES string of the molecule is C=CCOc1cc(C(CC=C)Nc2ccccc2)ccc1OC. The first-order valence-electron chi connectivity index (χ1n) is 7.62. The van der Waals surface area contributed by atoms with Crippen molar-refractivity contribution in [2.24, 2.45) is 0 Å². The monoisotopic (exact) mass is 309 g/mol. The van der Waals surface area contributed by atoms with Gasteiger partial charge < -0.3 is 14.8 Å². The fraction of sp³-hybridized carbons (Fsp3) is 0.200. The fourth-order valence-electron chi connectivity index (χ4n) is 2.35. The predicted molar refractivity (Wildman–Crippen MR) is 96.3 cm³/mol. The molecule has 0 radical (unpaired) electrons. The summed E-state index contributed by atoms with van der Waals surface area (Å²) in [5, 5.41) is 3.53. The molecule has 2 rings (SSSR count). The summed E-state index contributed by atoms with van der Waals surface area (Å²) in [6.45, 7) is 7.99. The van der Waals surface area contributed by atoms with Gasteiger partial charge in [-0.3, -0.25) is 0 Å². The molecule has 0 aliphatic rings. The van der Waals surface area contributed by atoms with Gasteiger partial charge in [0, 0.05) is 5.69 Å². The van der Waals surface area contributed by atoms with Gasteiger partial charge in [0.1, 0.15) is 6.61 Å². The molecular formula is C20H23NO2. The largest absolute Gasteiger partial charge is 0.493 e.